The third-order valence-electron chi connectivity index (χ3n) is 4.36. The van der Waals surface area contributed by atoms with E-state index in [1.807, 2.05) is 11.8 Å². The third kappa shape index (κ3) is 3.74. The zero-order chi connectivity index (χ0) is 18.0. The molecule has 25 heavy (non-hydrogen) atoms. The molecule has 0 saturated carbocycles. The molecule has 0 atom stereocenters. The van der Waals surface area contributed by atoms with Crippen LogP contribution in [0.25, 0.3) is 5.69 Å². The Morgan fingerprint density at radius 3 is 2.68 bits per heavy atom. The Kier molecular flexibility index (Phi) is 5.18. The minimum Gasteiger partial charge on any atom is -0.378 e. The second-order valence-corrected chi connectivity index (χ2v) is 6.80. The summed E-state index contributed by atoms with van der Waals surface area (Å²) in [6.45, 7) is 8.36. The van der Waals surface area contributed by atoms with Gasteiger partial charge in [0, 0.05) is 13.1 Å². The lowest BCUT2D eigenvalue weighted by atomic mass is 10.0. The number of carbonyl (C=O) groups is 1. The van der Waals surface area contributed by atoms with Gasteiger partial charge in [-0.25, -0.2) is 9.07 Å². The summed E-state index contributed by atoms with van der Waals surface area (Å²) < 4.78 is 20.6. The van der Waals surface area contributed by atoms with Crippen LogP contribution in [0.15, 0.2) is 24.3 Å². The number of aromatic nitrogens is 2. The van der Waals surface area contributed by atoms with Crippen molar-refractivity contribution < 1.29 is 13.9 Å². The molecule has 1 fully saturated rings. The molecular weight excluding hydrogens is 321 g/mol. The van der Waals surface area contributed by atoms with Crippen LogP contribution >= 0.6 is 0 Å². The Labute approximate surface area is 147 Å². The molecule has 6 heteroatoms. The van der Waals surface area contributed by atoms with E-state index in [1.54, 1.807) is 16.8 Å². The molecule has 134 valence electrons. The maximum absolute atomic E-state index is 13.6. The maximum Gasteiger partial charge on any atom is 0.257 e. The number of morpholine rings is 1. The van der Waals surface area contributed by atoms with Crippen molar-refractivity contribution in [1.29, 1.82) is 0 Å². The van der Waals surface area contributed by atoms with Gasteiger partial charge >= 0.3 is 0 Å². The van der Waals surface area contributed by atoms with Crippen molar-refractivity contribution in [2.24, 2.45) is 5.92 Å². The summed E-state index contributed by atoms with van der Waals surface area (Å²) in [5.74, 6) is 0.0319. The molecule has 0 radical (unpaired) electrons. The summed E-state index contributed by atoms with van der Waals surface area (Å²) in [5.41, 5.74) is 2.79. The van der Waals surface area contributed by atoms with Crippen molar-refractivity contribution in [3.8, 4) is 5.69 Å². The number of nitrogens with zero attached hydrogens (tertiary/aromatic N) is 3. The van der Waals surface area contributed by atoms with Crippen molar-refractivity contribution in [3.05, 3.63) is 47.0 Å². The van der Waals surface area contributed by atoms with Gasteiger partial charge in [-0.2, -0.15) is 5.10 Å². The van der Waals surface area contributed by atoms with Gasteiger partial charge in [0.1, 0.15) is 5.82 Å². The van der Waals surface area contributed by atoms with Crippen molar-refractivity contribution in [2.45, 2.75) is 27.2 Å². The van der Waals surface area contributed by atoms with Gasteiger partial charge in [-0.05, 0) is 37.5 Å². The summed E-state index contributed by atoms with van der Waals surface area (Å²) in [4.78, 5) is 14.9. The van der Waals surface area contributed by atoms with Crippen molar-refractivity contribution in [3.63, 3.8) is 0 Å². The number of hydrogen-bond donors (Lipinski definition) is 0. The summed E-state index contributed by atoms with van der Waals surface area (Å²) in [5, 5.41) is 4.65. The number of rotatable bonds is 4. The van der Waals surface area contributed by atoms with Gasteiger partial charge in [0.15, 0.2) is 0 Å². The van der Waals surface area contributed by atoms with Gasteiger partial charge in [0.2, 0.25) is 0 Å². The molecule has 0 aliphatic carbocycles. The molecule has 5 nitrogen and oxygen atoms in total. The van der Waals surface area contributed by atoms with Crippen LogP contribution in [0.3, 0.4) is 0 Å². The summed E-state index contributed by atoms with van der Waals surface area (Å²) in [6, 6.07) is 6.28. The highest BCUT2D eigenvalue weighted by atomic mass is 19.1. The number of halogens is 1. The molecule has 1 aliphatic heterocycles. The number of ether oxygens (including phenoxy) is 1. The van der Waals surface area contributed by atoms with Crippen LogP contribution in [0.4, 0.5) is 4.39 Å². The second-order valence-electron chi connectivity index (χ2n) is 6.80. The van der Waals surface area contributed by atoms with E-state index < -0.39 is 0 Å². The Bertz CT molecular complexity index is 764. The standard InChI is InChI=1S/C19H24FN3O2/c1-13(2)11-17-18(19(24)22-7-9-25-10-8-22)14(3)23(21-17)16-6-4-5-15(20)12-16/h4-6,12-13H,7-11H2,1-3H3. The lowest BCUT2D eigenvalue weighted by Gasteiger charge is -2.27. The predicted octanol–water partition coefficient (Wildman–Crippen LogP) is 2.99. The molecular formula is C19H24FN3O2. The van der Waals surface area contributed by atoms with Gasteiger partial charge in [-0.3, -0.25) is 4.79 Å². The first-order valence-corrected chi connectivity index (χ1v) is 8.69. The van der Waals surface area contributed by atoms with Crippen LogP contribution in [0.1, 0.15) is 35.6 Å². The van der Waals surface area contributed by atoms with Crippen molar-refractivity contribution in [2.75, 3.05) is 26.3 Å². The predicted molar refractivity (Wildman–Crippen MR) is 93.5 cm³/mol. The van der Waals surface area contributed by atoms with Crippen LogP contribution in [-0.4, -0.2) is 46.9 Å². The highest BCUT2D eigenvalue weighted by molar-refractivity contribution is 5.96. The second kappa shape index (κ2) is 7.35. The lowest BCUT2D eigenvalue weighted by molar-refractivity contribution is 0.0301. The molecule has 1 amide bonds. The van der Waals surface area contributed by atoms with E-state index in [2.05, 4.69) is 18.9 Å². The third-order valence-corrected chi connectivity index (χ3v) is 4.36. The molecule has 1 aliphatic rings. The van der Waals surface area contributed by atoms with Crippen molar-refractivity contribution >= 4 is 5.91 Å². The fourth-order valence-electron chi connectivity index (χ4n) is 3.15. The number of amides is 1. The molecule has 0 N–H and O–H groups in total. The first kappa shape index (κ1) is 17.6. The Balaban J connectivity index is 2.04. The van der Waals surface area contributed by atoms with Crippen molar-refractivity contribution in [1.82, 2.24) is 14.7 Å². The van der Waals surface area contributed by atoms with Gasteiger partial charge in [-0.15, -0.1) is 0 Å². The van der Waals surface area contributed by atoms with E-state index in [1.165, 1.54) is 12.1 Å². The summed E-state index contributed by atoms with van der Waals surface area (Å²) in [6.07, 6.45) is 0.703. The van der Waals surface area contributed by atoms with Crippen LogP contribution in [0, 0.1) is 18.7 Å². The number of hydrogen-bond acceptors (Lipinski definition) is 3. The van der Waals surface area contributed by atoms with E-state index in [0.717, 1.165) is 11.4 Å². The topological polar surface area (TPSA) is 47.4 Å². The van der Waals surface area contributed by atoms with Gasteiger partial charge in [-0.1, -0.05) is 19.9 Å². The molecule has 1 saturated heterocycles. The number of benzene rings is 1. The largest absolute Gasteiger partial charge is 0.378 e. The zero-order valence-corrected chi connectivity index (χ0v) is 15.0. The smallest absolute Gasteiger partial charge is 0.257 e. The molecule has 2 aromatic rings. The monoisotopic (exact) mass is 345 g/mol. The molecule has 0 spiro atoms. The first-order valence-electron chi connectivity index (χ1n) is 8.69. The minimum absolute atomic E-state index is 0.0147. The molecule has 3 rings (SSSR count). The SMILES string of the molecule is Cc1c(C(=O)N2CCOCC2)c(CC(C)C)nn1-c1cccc(F)c1. The lowest BCUT2D eigenvalue weighted by Crippen LogP contribution is -2.41. The van der Waals surface area contributed by atoms with E-state index in [4.69, 9.17) is 4.74 Å². The Morgan fingerprint density at radius 1 is 1.32 bits per heavy atom. The highest BCUT2D eigenvalue weighted by Crippen LogP contribution is 2.23. The van der Waals surface area contributed by atoms with E-state index >= 15 is 0 Å². The number of carbonyl (C=O) groups excluding carboxylic acids is 1. The zero-order valence-electron chi connectivity index (χ0n) is 15.0. The van der Waals surface area contributed by atoms with Crippen LogP contribution in [-0.2, 0) is 11.2 Å². The molecule has 1 aromatic carbocycles. The summed E-state index contributed by atoms with van der Waals surface area (Å²) >= 11 is 0. The normalized spacial score (nSPS) is 15.0. The highest BCUT2D eigenvalue weighted by Gasteiger charge is 2.27. The van der Waals surface area contributed by atoms with E-state index in [9.17, 15) is 9.18 Å². The summed E-state index contributed by atoms with van der Waals surface area (Å²) in [7, 11) is 0. The van der Waals surface area contributed by atoms with Gasteiger partial charge < -0.3 is 9.64 Å². The van der Waals surface area contributed by atoms with Crippen LogP contribution in [0.5, 0.6) is 0 Å². The van der Waals surface area contributed by atoms with E-state index in [-0.39, 0.29) is 11.7 Å². The average molecular weight is 345 g/mol. The Morgan fingerprint density at radius 2 is 2.04 bits per heavy atom. The Hall–Kier alpha value is -2.21. The minimum atomic E-state index is -0.320. The fraction of sp³-hybridized carbons (Fsp3) is 0.474. The maximum atomic E-state index is 13.6. The van der Waals surface area contributed by atoms with Gasteiger partial charge in [0.25, 0.3) is 5.91 Å². The quantitative estimate of drug-likeness (QED) is 0.856. The van der Waals surface area contributed by atoms with E-state index in [0.29, 0.717) is 49.9 Å². The molecule has 1 aromatic heterocycles. The first-order chi connectivity index (χ1) is 12.0. The molecule has 0 unspecified atom stereocenters. The van der Waals surface area contributed by atoms with Gasteiger partial charge in [0.05, 0.1) is 35.9 Å². The fourth-order valence-corrected chi connectivity index (χ4v) is 3.15. The molecule has 0 bridgehead atoms. The molecule has 2 heterocycles. The van der Waals surface area contributed by atoms with Crippen LogP contribution in [0.2, 0.25) is 0 Å². The average Bonchev–Trinajstić information content (AvgIpc) is 2.90. The van der Waals surface area contributed by atoms with Crippen LogP contribution < -0.4 is 0 Å².